The van der Waals surface area contributed by atoms with Gasteiger partial charge >= 0.3 is 12.0 Å². The molecule has 0 radical (unpaired) electrons. The van der Waals surface area contributed by atoms with E-state index in [-0.39, 0.29) is 17.4 Å². The van der Waals surface area contributed by atoms with Crippen molar-refractivity contribution in [2.75, 3.05) is 20.6 Å². The molecule has 1 aliphatic heterocycles. The van der Waals surface area contributed by atoms with Gasteiger partial charge in [0.2, 0.25) is 0 Å². The third-order valence-electron chi connectivity index (χ3n) is 3.74. The first-order chi connectivity index (χ1) is 7.88. The van der Waals surface area contributed by atoms with Gasteiger partial charge in [0.1, 0.15) is 0 Å². The molecule has 1 unspecified atom stereocenters. The van der Waals surface area contributed by atoms with E-state index in [0.29, 0.717) is 6.54 Å². The first-order valence-corrected chi connectivity index (χ1v) is 6.03. The van der Waals surface area contributed by atoms with Crippen LogP contribution in [0.1, 0.15) is 33.6 Å². The fraction of sp³-hybridized carbons (Fsp3) is 0.833. The van der Waals surface area contributed by atoms with Crippen LogP contribution in [0.5, 0.6) is 0 Å². The van der Waals surface area contributed by atoms with E-state index >= 15 is 0 Å². The van der Waals surface area contributed by atoms with Gasteiger partial charge in [-0.3, -0.25) is 9.69 Å². The van der Waals surface area contributed by atoms with Gasteiger partial charge in [0, 0.05) is 33.0 Å². The molecule has 5 nitrogen and oxygen atoms in total. The summed E-state index contributed by atoms with van der Waals surface area (Å²) in [5, 5.41) is 0. The lowest BCUT2D eigenvalue weighted by atomic mass is 9.78. The van der Waals surface area contributed by atoms with Crippen molar-refractivity contribution in [3.05, 3.63) is 0 Å². The number of amides is 2. The van der Waals surface area contributed by atoms with Crippen LogP contribution in [-0.4, -0.2) is 48.7 Å². The Hall–Kier alpha value is -1.26. The smallest absolute Gasteiger partial charge is 0.322 e. The molecule has 0 saturated carbocycles. The zero-order chi connectivity index (χ0) is 13.2. The van der Waals surface area contributed by atoms with Gasteiger partial charge in [-0.2, -0.15) is 0 Å². The van der Waals surface area contributed by atoms with Gasteiger partial charge in [-0.15, -0.1) is 0 Å². The van der Waals surface area contributed by atoms with Crippen molar-refractivity contribution in [1.29, 1.82) is 0 Å². The van der Waals surface area contributed by atoms with E-state index < -0.39 is 6.23 Å². The molecule has 1 saturated heterocycles. The number of nitrogens with zero attached hydrogens (tertiary/aromatic N) is 2. The quantitative estimate of drug-likeness (QED) is 0.707. The molecule has 0 aliphatic carbocycles. The molecule has 1 aliphatic rings. The van der Waals surface area contributed by atoms with Crippen LogP contribution >= 0.6 is 0 Å². The van der Waals surface area contributed by atoms with E-state index in [1.165, 1.54) is 11.8 Å². The number of carbonyl (C=O) groups is 2. The first kappa shape index (κ1) is 13.8. The number of hydrogen-bond donors (Lipinski definition) is 0. The summed E-state index contributed by atoms with van der Waals surface area (Å²) in [6.45, 7) is 6.14. The van der Waals surface area contributed by atoms with Crippen molar-refractivity contribution in [2.45, 2.75) is 39.8 Å². The number of ether oxygens (including phenoxy) is 1. The number of hydrogen-bond acceptors (Lipinski definition) is 3. The molecule has 17 heavy (non-hydrogen) atoms. The molecular formula is C12H22N2O3. The normalized spacial score (nSPS) is 23.8. The van der Waals surface area contributed by atoms with Crippen molar-refractivity contribution in [1.82, 2.24) is 9.80 Å². The van der Waals surface area contributed by atoms with Crippen LogP contribution in [0.3, 0.4) is 0 Å². The zero-order valence-electron chi connectivity index (χ0n) is 11.3. The maximum atomic E-state index is 11.9. The van der Waals surface area contributed by atoms with E-state index in [2.05, 4.69) is 13.8 Å². The number of rotatable bonds is 3. The number of urea groups is 1. The molecule has 0 aromatic heterocycles. The average molecular weight is 242 g/mol. The second-order valence-corrected chi connectivity index (χ2v) is 4.78. The largest absolute Gasteiger partial charge is 0.441 e. The second-order valence-electron chi connectivity index (χ2n) is 4.78. The molecule has 0 N–H and O–H groups in total. The van der Waals surface area contributed by atoms with Gasteiger partial charge < -0.3 is 9.64 Å². The highest BCUT2D eigenvalue weighted by atomic mass is 16.6. The highest BCUT2D eigenvalue weighted by molar-refractivity contribution is 5.76. The van der Waals surface area contributed by atoms with Crippen molar-refractivity contribution in [3.63, 3.8) is 0 Å². The SMILES string of the molecule is CCC1(CC)CN(C)C(=O)N(C)C1OC(C)=O. The van der Waals surface area contributed by atoms with Crippen LogP contribution in [0.4, 0.5) is 4.79 Å². The molecule has 0 spiro atoms. The van der Waals surface area contributed by atoms with Crippen molar-refractivity contribution in [3.8, 4) is 0 Å². The summed E-state index contributed by atoms with van der Waals surface area (Å²) in [6.07, 6.45) is 1.27. The summed E-state index contributed by atoms with van der Waals surface area (Å²) < 4.78 is 5.36. The van der Waals surface area contributed by atoms with Crippen molar-refractivity contribution in [2.24, 2.45) is 5.41 Å². The first-order valence-electron chi connectivity index (χ1n) is 6.03. The Morgan fingerprint density at radius 3 is 2.35 bits per heavy atom. The summed E-state index contributed by atoms with van der Waals surface area (Å²) in [7, 11) is 3.47. The summed E-state index contributed by atoms with van der Waals surface area (Å²) in [5.41, 5.74) is -0.178. The molecule has 1 fully saturated rings. The molecule has 2 amide bonds. The monoisotopic (exact) mass is 242 g/mol. The van der Waals surface area contributed by atoms with Gasteiger partial charge in [-0.25, -0.2) is 4.79 Å². The highest BCUT2D eigenvalue weighted by Gasteiger charge is 2.48. The molecule has 1 atom stereocenters. The number of esters is 1. The third-order valence-corrected chi connectivity index (χ3v) is 3.74. The standard InChI is InChI=1S/C12H22N2O3/c1-6-12(7-2)8-13(4)11(16)14(5)10(12)17-9(3)15/h10H,6-8H2,1-5H3. The minimum absolute atomic E-state index is 0.103. The van der Waals surface area contributed by atoms with Crippen molar-refractivity contribution >= 4 is 12.0 Å². The predicted octanol–water partition coefficient (Wildman–Crippen LogP) is 1.68. The van der Waals surface area contributed by atoms with Crippen LogP contribution in [-0.2, 0) is 9.53 Å². The fourth-order valence-corrected chi connectivity index (χ4v) is 2.58. The van der Waals surface area contributed by atoms with Gasteiger partial charge in [-0.1, -0.05) is 13.8 Å². The van der Waals surface area contributed by atoms with Gasteiger partial charge in [0.25, 0.3) is 0 Å². The van der Waals surface area contributed by atoms with E-state index in [9.17, 15) is 9.59 Å². The molecule has 98 valence electrons. The van der Waals surface area contributed by atoms with Gasteiger partial charge in [-0.05, 0) is 12.8 Å². The van der Waals surface area contributed by atoms with Crippen LogP contribution in [0.25, 0.3) is 0 Å². The van der Waals surface area contributed by atoms with Crippen LogP contribution in [0.15, 0.2) is 0 Å². The molecule has 0 aromatic rings. The summed E-state index contributed by atoms with van der Waals surface area (Å²) in [6, 6.07) is -0.103. The molecule has 5 heteroatoms. The Morgan fingerprint density at radius 1 is 1.41 bits per heavy atom. The molecule has 1 heterocycles. The van der Waals surface area contributed by atoms with Crippen LogP contribution < -0.4 is 0 Å². The van der Waals surface area contributed by atoms with Crippen LogP contribution in [0.2, 0.25) is 0 Å². The zero-order valence-corrected chi connectivity index (χ0v) is 11.3. The Balaban J connectivity index is 3.06. The predicted molar refractivity (Wildman–Crippen MR) is 64.4 cm³/mol. The summed E-state index contributed by atoms with van der Waals surface area (Å²) in [5.74, 6) is -0.342. The topological polar surface area (TPSA) is 49.9 Å². The molecular weight excluding hydrogens is 220 g/mol. The van der Waals surface area contributed by atoms with E-state index in [1.54, 1.807) is 19.0 Å². The van der Waals surface area contributed by atoms with Crippen molar-refractivity contribution < 1.29 is 14.3 Å². The minimum Gasteiger partial charge on any atom is -0.441 e. The Kier molecular flexibility index (Phi) is 4.01. The highest BCUT2D eigenvalue weighted by Crippen LogP contribution is 2.38. The minimum atomic E-state index is -0.460. The lowest BCUT2D eigenvalue weighted by molar-refractivity contribution is -0.175. The Morgan fingerprint density at radius 2 is 1.94 bits per heavy atom. The second kappa shape index (κ2) is 4.94. The maximum Gasteiger partial charge on any atom is 0.322 e. The van der Waals surface area contributed by atoms with Gasteiger partial charge in [0.15, 0.2) is 6.23 Å². The third kappa shape index (κ3) is 2.37. The lowest BCUT2D eigenvalue weighted by Gasteiger charge is -2.50. The molecule has 0 aromatic carbocycles. The van der Waals surface area contributed by atoms with Gasteiger partial charge in [0.05, 0.1) is 0 Å². The average Bonchev–Trinajstić information content (AvgIpc) is 2.29. The number of carbonyl (C=O) groups excluding carboxylic acids is 2. The summed E-state index contributed by atoms with van der Waals surface area (Å²) in [4.78, 5) is 26.3. The lowest BCUT2D eigenvalue weighted by Crippen LogP contribution is -2.62. The Bertz CT molecular complexity index is 313. The molecule has 0 bridgehead atoms. The Labute approximate surface area is 103 Å². The molecule has 1 rings (SSSR count). The summed E-state index contributed by atoms with van der Waals surface area (Å²) >= 11 is 0. The van der Waals surface area contributed by atoms with Crippen LogP contribution in [0, 0.1) is 5.41 Å². The fourth-order valence-electron chi connectivity index (χ4n) is 2.58. The van der Waals surface area contributed by atoms with E-state index in [4.69, 9.17) is 4.74 Å². The van der Waals surface area contributed by atoms with E-state index in [0.717, 1.165) is 12.8 Å². The van der Waals surface area contributed by atoms with E-state index in [1.807, 2.05) is 0 Å². The maximum absolute atomic E-state index is 11.9.